The highest BCUT2D eigenvalue weighted by molar-refractivity contribution is 6.31. The third-order valence-corrected chi connectivity index (χ3v) is 6.23. The molecule has 4 rings (SSSR count). The molecule has 1 aliphatic carbocycles. The Morgan fingerprint density at radius 3 is 2.29 bits per heavy atom. The number of piperidine rings is 1. The fourth-order valence-corrected chi connectivity index (χ4v) is 4.02. The van der Waals surface area contributed by atoms with Gasteiger partial charge in [-0.15, -0.1) is 0 Å². The van der Waals surface area contributed by atoms with Crippen LogP contribution in [0.15, 0.2) is 30.6 Å². The van der Waals surface area contributed by atoms with Crippen LogP contribution in [0.4, 0.5) is 5.82 Å². The van der Waals surface area contributed by atoms with Crippen molar-refractivity contribution in [2.75, 3.05) is 25.0 Å². The third kappa shape index (κ3) is 9.08. The minimum absolute atomic E-state index is 0.0731. The Bertz CT molecular complexity index is 935. The number of hydrogen-bond acceptors (Lipinski definition) is 8. The number of anilines is 1. The van der Waals surface area contributed by atoms with Gasteiger partial charge >= 0.3 is 0 Å². The van der Waals surface area contributed by atoms with E-state index in [2.05, 4.69) is 27.2 Å². The molecule has 182 valence electrons. The lowest BCUT2D eigenvalue weighted by atomic mass is 9.96. The van der Waals surface area contributed by atoms with Gasteiger partial charge in [0, 0.05) is 25.0 Å². The average Bonchev–Trinajstić information content (AvgIpc) is 2.90. The molecule has 1 aromatic carbocycles. The molecule has 1 saturated heterocycles. The van der Waals surface area contributed by atoms with E-state index in [0.29, 0.717) is 17.5 Å². The highest BCUT2D eigenvalue weighted by Crippen LogP contribution is 2.21. The molecule has 0 bridgehead atoms. The summed E-state index contributed by atoms with van der Waals surface area (Å²) in [4.78, 5) is 31.2. The van der Waals surface area contributed by atoms with E-state index in [4.69, 9.17) is 22.0 Å². The summed E-state index contributed by atoms with van der Waals surface area (Å²) in [6.07, 6.45) is 13.6. The smallest absolute Gasteiger partial charge is 0.170 e. The standard InChI is InChI=1S/C11H13N3O2.C7H4ClNO.C7H15N/c15-7-9-1-3-14(4-2-9)11-6-12-10(8-16)5-13-11;8-7-3-6(10)2-1-5(7)4-9;1-8-7-5-3-2-4-6-7/h5-9H,1-4H2;1-3,10H;7-8H,2-6H2,1H3. The number of benzene rings is 1. The lowest BCUT2D eigenvalue weighted by Gasteiger charge is -2.30. The zero-order valence-electron chi connectivity index (χ0n) is 19.5. The van der Waals surface area contributed by atoms with Crippen LogP contribution in [-0.4, -0.2) is 53.8 Å². The third-order valence-electron chi connectivity index (χ3n) is 5.92. The van der Waals surface area contributed by atoms with Gasteiger partial charge in [0.25, 0.3) is 0 Å². The first-order valence-electron chi connectivity index (χ1n) is 11.5. The number of aldehydes is 2. The van der Waals surface area contributed by atoms with Crippen LogP contribution in [-0.2, 0) is 4.79 Å². The molecule has 0 radical (unpaired) electrons. The summed E-state index contributed by atoms with van der Waals surface area (Å²) in [6.45, 7) is 1.64. The second kappa shape index (κ2) is 15.0. The van der Waals surface area contributed by atoms with E-state index < -0.39 is 0 Å². The molecule has 0 unspecified atom stereocenters. The number of aromatic nitrogens is 2. The van der Waals surface area contributed by atoms with Crippen molar-refractivity contribution >= 4 is 30.0 Å². The number of nitrogens with zero attached hydrogens (tertiary/aromatic N) is 4. The Morgan fingerprint density at radius 2 is 1.82 bits per heavy atom. The van der Waals surface area contributed by atoms with E-state index in [1.807, 2.05) is 6.07 Å². The molecule has 1 aromatic heterocycles. The van der Waals surface area contributed by atoms with Crippen molar-refractivity contribution in [1.29, 1.82) is 5.26 Å². The summed E-state index contributed by atoms with van der Waals surface area (Å²) < 4.78 is 0. The summed E-state index contributed by atoms with van der Waals surface area (Å²) in [7, 11) is 2.07. The van der Waals surface area contributed by atoms with Crippen molar-refractivity contribution in [3.05, 3.63) is 46.9 Å². The minimum atomic E-state index is 0.0731. The summed E-state index contributed by atoms with van der Waals surface area (Å²) in [5.74, 6) is 1.03. The van der Waals surface area contributed by atoms with E-state index in [9.17, 15) is 9.59 Å². The van der Waals surface area contributed by atoms with Gasteiger partial charge in [-0.05, 0) is 50.9 Å². The predicted molar refractivity (Wildman–Crippen MR) is 132 cm³/mol. The topological polar surface area (TPSA) is 119 Å². The second-order valence-corrected chi connectivity index (χ2v) is 8.68. The van der Waals surface area contributed by atoms with Gasteiger partial charge in [-0.3, -0.25) is 4.79 Å². The van der Waals surface area contributed by atoms with E-state index in [1.54, 1.807) is 6.20 Å². The molecular weight excluding hydrogens is 454 g/mol. The lowest BCUT2D eigenvalue weighted by Crippen LogP contribution is -2.34. The Labute approximate surface area is 206 Å². The van der Waals surface area contributed by atoms with Crippen LogP contribution in [0.1, 0.15) is 61.0 Å². The van der Waals surface area contributed by atoms with Gasteiger partial charge < -0.3 is 20.1 Å². The molecular formula is C25H32ClN5O3. The van der Waals surface area contributed by atoms with Crippen LogP contribution >= 0.6 is 11.6 Å². The molecule has 0 amide bonds. The van der Waals surface area contributed by atoms with Crippen molar-refractivity contribution in [3.63, 3.8) is 0 Å². The second-order valence-electron chi connectivity index (χ2n) is 8.28. The lowest BCUT2D eigenvalue weighted by molar-refractivity contribution is -0.111. The predicted octanol–water partition coefficient (Wildman–Crippen LogP) is 4.16. The van der Waals surface area contributed by atoms with Crippen molar-refractivity contribution < 1.29 is 14.7 Å². The normalized spacial score (nSPS) is 16.2. The monoisotopic (exact) mass is 485 g/mol. The van der Waals surface area contributed by atoms with E-state index in [-0.39, 0.29) is 16.7 Å². The van der Waals surface area contributed by atoms with Gasteiger partial charge in [0.15, 0.2) is 6.29 Å². The number of nitriles is 1. The molecule has 1 saturated carbocycles. The fourth-order valence-electron chi connectivity index (χ4n) is 3.81. The molecule has 1 aliphatic heterocycles. The zero-order chi connectivity index (χ0) is 24.8. The Morgan fingerprint density at radius 1 is 1.12 bits per heavy atom. The SMILES string of the molecule is CNC1CCCCC1.N#Cc1ccc(O)cc1Cl.O=Cc1cnc(N2CCC(C=O)CC2)cn1. The first-order valence-corrected chi connectivity index (χ1v) is 11.9. The number of halogens is 1. The Balaban J connectivity index is 0.000000195. The molecule has 0 atom stereocenters. The first kappa shape index (κ1) is 27.2. The van der Waals surface area contributed by atoms with Crippen LogP contribution in [0.2, 0.25) is 5.02 Å². The zero-order valence-corrected chi connectivity index (χ0v) is 20.2. The van der Waals surface area contributed by atoms with E-state index >= 15 is 0 Å². The molecule has 2 aromatic rings. The Kier molecular flexibility index (Phi) is 12.0. The summed E-state index contributed by atoms with van der Waals surface area (Å²) in [5.41, 5.74) is 0.714. The van der Waals surface area contributed by atoms with Gasteiger partial charge in [0.2, 0.25) is 0 Å². The minimum Gasteiger partial charge on any atom is -0.508 e. The van der Waals surface area contributed by atoms with Crippen molar-refractivity contribution in [2.24, 2.45) is 5.92 Å². The largest absolute Gasteiger partial charge is 0.508 e. The van der Waals surface area contributed by atoms with E-state index in [1.165, 1.54) is 56.5 Å². The van der Waals surface area contributed by atoms with Crippen molar-refractivity contribution in [2.45, 2.75) is 51.0 Å². The number of nitrogens with one attached hydrogen (secondary N) is 1. The number of rotatable bonds is 4. The number of carbonyl (C=O) groups is 2. The molecule has 34 heavy (non-hydrogen) atoms. The van der Waals surface area contributed by atoms with Crippen LogP contribution in [0, 0.1) is 17.2 Å². The molecule has 2 fully saturated rings. The molecule has 2 heterocycles. The summed E-state index contributed by atoms with van der Waals surface area (Å²) >= 11 is 5.55. The quantitative estimate of drug-likeness (QED) is 0.619. The molecule has 0 spiro atoms. The van der Waals surface area contributed by atoms with Gasteiger partial charge in [0.05, 0.1) is 23.0 Å². The number of carbonyl (C=O) groups excluding carboxylic acids is 2. The Hall–Kier alpha value is -3.02. The van der Waals surface area contributed by atoms with Crippen LogP contribution in [0.3, 0.4) is 0 Å². The highest BCUT2D eigenvalue weighted by Gasteiger charge is 2.19. The number of phenolic OH excluding ortho intramolecular Hbond substituents is 1. The van der Waals surface area contributed by atoms with Gasteiger partial charge in [-0.25, -0.2) is 9.97 Å². The average molecular weight is 486 g/mol. The van der Waals surface area contributed by atoms with E-state index in [0.717, 1.165) is 44.1 Å². The molecule has 2 aliphatic rings. The summed E-state index contributed by atoms with van der Waals surface area (Å²) in [5, 5.41) is 20.8. The number of aromatic hydroxyl groups is 1. The van der Waals surface area contributed by atoms with Crippen molar-refractivity contribution in [1.82, 2.24) is 15.3 Å². The first-order chi connectivity index (χ1) is 16.5. The fraction of sp³-hybridized carbons (Fsp3) is 0.480. The molecule has 8 nitrogen and oxygen atoms in total. The van der Waals surface area contributed by atoms with Crippen LogP contribution < -0.4 is 10.2 Å². The van der Waals surface area contributed by atoms with Gasteiger partial charge in [0.1, 0.15) is 29.6 Å². The van der Waals surface area contributed by atoms with Crippen LogP contribution in [0.25, 0.3) is 0 Å². The van der Waals surface area contributed by atoms with Gasteiger partial charge in [-0.1, -0.05) is 30.9 Å². The van der Waals surface area contributed by atoms with Gasteiger partial charge in [-0.2, -0.15) is 5.26 Å². The number of hydrogen-bond donors (Lipinski definition) is 2. The molecule has 9 heteroatoms. The maximum Gasteiger partial charge on any atom is 0.170 e. The highest BCUT2D eigenvalue weighted by atomic mass is 35.5. The van der Waals surface area contributed by atoms with Crippen LogP contribution in [0.5, 0.6) is 5.75 Å². The summed E-state index contributed by atoms with van der Waals surface area (Å²) in [6, 6.07) is 6.94. The maximum absolute atomic E-state index is 10.6. The molecule has 2 N–H and O–H groups in total. The number of phenols is 1. The van der Waals surface area contributed by atoms with Crippen molar-refractivity contribution in [3.8, 4) is 11.8 Å². The maximum atomic E-state index is 10.6.